The molecule has 0 saturated carbocycles. The molecule has 11 rings (SSSR count). The van der Waals surface area contributed by atoms with Crippen LogP contribution in [0.1, 0.15) is 13.7 Å². The van der Waals surface area contributed by atoms with Crippen LogP contribution >= 0.6 is 0 Å². The normalized spacial score (nSPS) is 14.1. The van der Waals surface area contributed by atoms with Gasteiger partial charge in [-0.15, -0.1) is 0 Å². The second kappa shape index (κ2) is 13.0. The molecule has 0 aliphatic heterocycles. The lowest BCUT2D eigenvalue weighted by Crippen LogP contribution is -2.00. The molecule has 0 atom stereocenters. The molecule has 0 radical (unpaired) electrons. The van der Waals surface area contributed by atoms with E-state index >= 15 is 0 Å². The average molecular weight is 727 g/mol. The number of rotatable bonds is 6. The molecule has 0 fully saturated rings. The maximum absolute atomic E-state index is 8.90. The van der Waals surface area contributed by atoms with Gasteiger partial charge in [-0.2, -0.15) is 0 Å². The molecule has 0 aliphatic carbocycles. The van der Waals surface area contributed by atoms with E-state index in [1.807, 2.05) is 72.8 Å². The Bertz CT molecular complexity index is 3780. The van der Waals surface area contributed by atoms with E-state index in [1.54, 1.807) is 18.2 Å². The van der Waals surface area contributed by atoms with Crippen molar-refractivity contribution >= 4 is 43.7 Å². The van der Waals surface area contributed by atoms with Gasteiger partial charge in [-0.05, 0) is 77.4 Å². The van der Waals surface area contributed by atoms with Gasteiger partial charge in [0.1, 0.15) is 11.2 Å². The van der Waals surface area contributed by atoms with Gasteiger partial charge in [0.15, 0.2) is 17.5 Å². The largest absolute Gasteiger partial charge is 0.455 e. The zero-order chi connectivity index (χ0) is 45.7. The summed E-state index contributed by atoms with van der Waals surface area (Å²) in [5.74, 6) is 1.23. The minimum absolute atomic E-state index is 0.0851. The highest BCUT2D eigenvalue weighted by atomic mass is 16.3. The molecule has 8 aromatic carbocycles. The SMILES string of the molecule is [2H]c1c([2H])c([2H])c(-c2cc(-c3c([2H])c([2H])c([2H])c([2H])c3[2H])c3oc4cc(-c5nc(-c6ccccc6)nc(-c6ccc7c(c6)c6ccccc6n7-c6ccccc6)n5)ccc4c3c2)c([2H])c1[2H]. The van der Waals surface area contributed by atoms with Crippen LogP contribution in [-0.4, -0.2) is 19.5 Å². The molecule has 5 heteroatoms. The number of aromatic nitrogens is 4. The van der Waals surface area contributed by atoms with Crippen molar-refractivity contribution in [2.24, 2.45) is 0 Å². The lowest BCUT2D eigenvalue weighted by atomic mass is 9.95. The number of furan rings is 1. The van der Waals surface area contributed by atoms with Crippen molar-refractivity contribution in [3.05, 3.63) is 194 Å². The van der Waals surface area contributed by atoms with Crippen molar-refractivity contribution in [2.45, 2.75) is 0 Å². The zero-order valence-corrected chi connectivity index (χ0v) is 29.4. The summed E-state index contributed by atoms with van der Waals surface area (Å²) in [6, 6.07) is 37.5. The first kappa shape index (κ1) is 23.2. The quantitative estimate of drug-likeness (QED) is 0.171. The summed E-state index contributed by atoms with van der Waals surface area (Å²) in [5.41, 5.74) is 5.72. The van der Waals surface area contributed by atoms with Gasteiger partial charge in [0, 0.05) is 49.5 Å². The average Bonchev–Trinajstić information content (AvgIpc) is 3.89. The third-order valence-corrected chi connectivity index (χ3v) is 10.0. The van der Waals surface area contributed by atoms with Gasteiger partial charge < -0.3 is 8.98 Å². The van der Waals surface area contributed by atoms with E-state index in [4.69, 9.17) is 33.1 Å². The number of nitrogens with zero attached hydrogens (tertiary/aromatic N) is 4. The molecule has 3 aromatic heterocycles. The van der Waals surface area contributed by atoms with Gasteiger partial charge in [-0.3, -0.25) is 0 Å². The van der Waals surface area contributed by atoms with E-state index in [2.05, 4.69) is 41.0 Å². The van der Waals surface area contributed by atoms with Gasteiger partial charge in [0.25, 0.3) is 0 Å². The summed E-state index contributed by atoms with van der Waals surface area (Å²) >= 11 is 0. The topological polar surface area (TPSA) is 56.7 Å². The first-order valence-corrected chi connectivity index (χ1v) is 18.0. The highest BCUT2D eigenvalue weighted by Crippen LogP contribution is 2.41. The Morgan fingerprint density at radius 2 is 1.00 bits per heavy atom. The minimum Gasteiger partial charge on any atom is -0.455 e. The third-order valence-electron chi connectivity index (χ3n) is 10.0. The molecule has 3 heterocycles. The van der Waals surface area contributed by atoms with Crippen molar-refractivity contribution in [1.82, 2.24) is 19.5 Å². The van der Waals surface area contributed by atoms with Crippen molar-refractivity contribution in [3.63, 3.8) is 0 Å². The van der Waals surface area contributed by atoms with Gasteiger partial charge in [0.2, 0.25) is 0 Å². The van der Waals surface area contributed by atoms with E-state index in [1.165, 1.54) is 6.07 Å². The summed E-state index contributed by atoms with van der Waals surface area (Å²) < 4.78 is 94.3. The van der Waals surface area contributed by atoms with Gasteiger partial charge in [0.05, 0.1) is 24.7 Å². The van der Waals surface area contributed by atoms with Gasteiger partial charge in [-0.25, -0.2) is 15.0 Å². The lowest BCUT2D eigenvalue weighted by molar-refractivity contribution is 0.670. The molecule has 5 nitrogen and oxygen atoms in total. The van der Waals surface area contributed by atoms with Crippen LogP contribution in [0.5, 0.6) is 0 Å². The lowest BCUT2D eigenvalue weighted by Gasteiger charge is -2.10. The first-order valence-electron chi connectivity index (χ1n) is 23.0. The molecule has 0 N–H and O–H groups in total. The van der Waals surface area contributed by atoms with Crippen LogP contribution in [0.3, 0.4) is 0 Å². The van der Waals surface area contributed by atoms with Crippen LogP contribution in [-0.2, 0) is 0 Å². The number of hydrogen-bond acceptors (Lipinski definition) is 4. The molecule has 0 bridgehead atoms. The van der Waals surface area contributed by atoms with E-state index in [-0.39, 0.29) is 27.8 Å². The Hall–Kier alpha value is -7.63. The highest BCUT2D eigenvalue weighted by Gasteiger charge is 2.19. The van der Waals surface area contributed by atoms with Crippen molar-refractivity contribution in [3.8, 4) is 62.1 Å². The Balaban J connectivity index is 1.13. The molecule has 0 amide bonds. The predicted molar refractivity (Wildman–Crippen MR) is 229 cm³/mol. The predicted octanol–water partition coefficient (Wildman–Crippen LogP) is 13.2. The Morgan fingerprint density at radius 1 is 0.411 bits per heavy atom. The fourth-order valence-electron chi connectivity index (χ4n) is 7.44. The third kappa shape index (κ3) is 5.37. The van der Waals surface area contributed by atoms with Crippen LogP contribution in [0.4, 0.5) is 0 Å². The van der Waals surface area contributed by atoms with Crippen LogP contribution in [0, 0.1) is 0 Å². The fraction of sp³-hybridized carbons (Fsp3) is 0. The molecule has 0 spiro atoms. The molecular formula is C51H32N4O. The second-order valence-electron chi connectivity index (χ2n) is 13.3. The van der Waals surface area contributed by atoms with Crippen molar-refractivity contribution in [1.29, 1.82) is 0 Å². The van der Waals surface area contributed by atoms with E-state index < -0.39 is 60.4 Å². The molecule has 11 aromatic rings. The molecule has 0 unspecified atom stereocenters. The highest BCUT2D eigenvalue weighted by molar-refractivity contribution is 6.12. The van der Waals surface area contributed by atoms with E-state index in [0.717, 1.165) is 38.6 Å². The smallest absolute Gasteiger partial charge is 0.164 e. The monoisotopic (exact) mass is 726 g/mol. The summed E-state index contributed by atoms with van der Waals surface area (Å²) in [7, 11) is 0. The Kier molecular flexibility index (Phi) is 5.41. The molecule has 56 heavy (non-hydrogen) atoms. The molecule has 0 saturated heterocycles. The summed E-state index contributed by atoms with van der Waals surface area (Å²) in [6.45, 7) is 0. The van der Waals surface area contributed by atoms with Crippen LogP contribution < -0.4 is 0 Å². The standard InChI is InChI=1S/C51H32N4O/c1-5-15-33(16-6-1)38-30-42(34-17-7-2-8-18-34)48-44(31-38)41-27-25-37(32-47(41)56-48)51-53-49(35-19-9-3-10-20-35)52-50(54-51)36-26-28-46-43(29-36)40-23-13-14-24-45(40)55(46)39-21-11-4-12-22-39/h1-32H/i1D,2D,5D,6D,7D,8D,15D,16D,17D,18D. The summed E-state index contributed by atoms with van der Waals surface area (Å²) in [6.07, 6.45) is 0. The van der Waals surface area contributed by atoms with Crippen LogP contribution in [0.25, 0.3) is 106 Å². The number of benzene rings is 8. The first-order chi connectivity index (χ1) is 31.9. The Labute approximate surface area is 336 Å². The number of fused-ring (bicyclic) bond motifs is 6. The Morgan fingerprint density at radius 3 is 1.75 bits per heavy atom. The van der Waals surface area contributed by atoms with Crippen LogP contribution in [0.2, 0.25) is 0 Å². The zero-order valence-electron chi connectivity index (χ0n) is 39.4. The second-order valence-corrected chi connectivity index (χ2v) is 13.3. The van der Waals surface area contributed by atoms with E-state index in [0.29, 0.717) is 39.4 Å². The molecule has 0 aliphatic rings. The van der Waals surface area contributed by atoms with Crippen molar-refractivity contribution in [2.75, 3.05) is 0 Å². The van der Waals surface area contributed by atoms with E-state index in [9.17, 15) is 0 Å². The molecular weight excluding hydrogens is 685 g/mol. The van der Waals surface area contributed by atoms with Crippen molar-refractivity contribution < 1.29 is 18.1 Å². The summed E-state index contributed by atoms with van der Waals surface area (Å²) in [4.78, 5) is 15.0. The minimum atomic E-state index is -0.577. The maximum atomic E-state index is 8.90. The fourth-order valence-corrected chi connectivity index (χ4v) is 7.44. The van der Waals surface area contributed by atoms with Gasteiger partial charge >= 0.3 is 0 Å². The number of para-hydroxylation sites is 2. The van der Waals surface area contributed by atoms with Gasteiger partial charge in [-0.1, -0.05) is 133 Å². The maximum Gasteiger partial charge on any atom is 0.164 e. The molecule has 262 valence electrons. The number of hydrogen-bond donors (Lipinski definition) is 0. The van der Waals surface area contributed by atoms with Crippen LogP contribution in [0.15, 0.2) is 198 Å². The summed E-state index contributed by atoms with van der Waals surface area (Å²) in [5, 5.41) is 3.07.